The number of anilines is 1. The van der Waals surface area contributed by atoms with E-state index < -0.39 is 0 Å². The molecule has 0 aliphatic carbocycles. The predicted octanol–water partition coefficient (Wildman–Crippen LogP) is 1.52. The zero-order valence-corrected chi connectivity index (χ0v) is 8.32. The van der Waals surface area contributed by atoms with E-state index in [9.17, 15) is 4.79 Å². The van der Waals surface area contributed by atoms with Gasteiger partial charge in [-0.3, -0.25) is 4.90 Å². The van der Waals surface area contributed by atoms with Crippen LogP contribution in [0.4, 0.5) is 10.6 Å². The van der Waals surface area contributed by atoms with E-state index in [0.29, 0.717) is 6.54 Å². The van der Waals surface area contributed by atoms with Gasteiger partial charge in [0.1, 0.15) is 5.82 Å². The first-order valence-corrected chi connectivity index (χ1v) is 4.71. The second kappa shape index (κ2) is 3.29. The maximum Gasteiger partial charge on any atom is 0.323 e. The van der Waals surface area contributed by atoms with Crippen LogP contribution in [0.3, 0.4) is 0 Å². The number of hydrogen-bond acceptors (Lipinski definition) is 2. The van der Waals surface area contributed by atoms with Crippen LogP contribution in [0.25, 0.3) is 0 Å². The number of amides is 2. The molecule has 1 aliphatic rings. The summed E-state index contributed by atoms with van der Waals surface area (Å²) in [5, 5.41) is 2.82. The summed E-state index contributed by atoms with van der Waals surface area (Å²) >= 11 is 0. The van der Waals surface area contributed by atoms with Crippen molar-refractivity contribution in [2.24, 2.45) is 0 Å². The highest BCUT2D eigenvalue weighted by molar-refractivity contribution is 5.94. The maximum absolute atomic E-state index is 11.6. The molecule has 2 heterocycles. The number of pyridine rings is 1. The third kappa shape index (κ3) is 1.32. The van der Waals surface area contributed by atoms with E-state index in [1.54, 1.807) is 11.1 Å². The summed E-state index contributed by atoms with van der Waals surface area (Å²) in [4.78, 5) is 17.5. The average Bonchev–Trinajstić information content (AvgIpc) is 2.17. The maximum atomic E-state index is 11.6. The number of fused-ring (bicyclic) bond motifs is 1. The van der Waals surface area contributed by atoms with E-state index >= 15 is 0 Å². The number of urea groups is 1. The largest absolute Gasteiger partial charge is 0.333 e. The topological polar surface area (TPSA) is 45.2 Å². The van der Waals surface area contributed by atoms with Crippen molar-refractivity contribution in [3.63, 3.8) is 0 Å². The molecule has 1 aromatic rings. The molecule has 4 nitrogen and oxygen atoms in total. The minimum Gasteiger partial charge on any atom is -0.333 e. The van der Waals surface area contributed by atoms with Crippen LogP contribution in [0.2, 0.25) is 0 Å². The van der Waals surface area contributed by atoms with Crippen LogP contribution in [0, 0.1) is 0 Å². The molecule has 0 saturated carbocycles. The van der Waals surface area contributed by atoms with Gasteiger partial charge in [-0.2, -0.15) is 0 Å². The van der Waals surface area contributed by atoms with Crippen LogP contribution < -0.4 is 10.2 Å². The van der Waals surface area contributed by atoms with E-state index in [4.69, 9.17) is 0 Å². The molecule has 0 bridgehead atoms. The molecule has 2 amide bonds. The molecule has 0 aromatic carbocycles. The number of carbonyl (C=O) groups is 1. The van der Waals surface area contributed by atoms with Crippen molar-refractivity contribution in [2.45, 2.75) is 26.4 Å². The molecule has 0 fully saturated rings. The Balaban J connectivity index is 2.46. The summed E-state index contributed by atoms with van der Waals surface area (Å²) in [6.45, 7) is 4.53. The Morgan fingerprint density at radius 3 is 3.07 bits per heavy atom. The molecule has 14 heavy (non-hydrogen) atoms. The Hall–Kier alpha value is -1.58. The van der Waals surface area contributed by atoms with Crippen molar-refractivity contribution >= 4 is 11.8 Å². The summed E-state index contributed by atoms with van der Waals surface area (Å²) < 4.78 is 0. The molecule has 2 rings (SSSR count). The van der Waals surface area contributed by atoms with Gasteiger partial charge in [-0.05, 0) is 19.9 Å². The first kappa shape index (κ1) is 8.99. The van der Waals surface area contributed by atoms with Gasteiger partial charge in [0.25, 0.3) is 0 Å². The van der Waals surface area contributed by atoms with Gasteiger partial charge in [0, 0.05) is 24.3 Å². The van der Waals surface area contributed by atoms with Gasteiger partial charge in [-0.25, -0.2) is 9.78 Å². The van der Waals surface area contributed by atoms with Crippen LogP contribution in [0.1, 0.15) is 19.4 Å². The molecule has 0 unspecified atom stereocenters. The number of nitrogens with zero attached hydrogens (tertiary/aromatic N) is 2. The van der Waals surface area contributed by atoms with Crippen LogP contribution in [0.15, 0.2) is 18.3 Å². The zero-order valence-electron chi connectivity index (χ0n) is 8.32. The lowest BCUT2D eigenvalue weighted by Gasteiger charge is -2.31. The molecular weight excluding hydrogens is 178 g/mol. The van der Waals surface area contributed by atoms with Crippen LogP contribution >= 0.6 is 0 Å². The number of rotatable bonds is 1. The summed E-state index contributed by atoms with van der Waals surface area (Å²) in [6.07, 6.45) is 1.72. The molecule has 0 atom stereocenters. The molecular formula is C10H13N3O. The second-order valence-corrected chi connectivity index (χ2v) is 3.61. The van der Waals surface area contributed by atoms with Gasteiger partial charge < -0.3 is 5.32 Å². The van der Waals surface area contributed by atoms with Crippen molar-refractivity contribution < 1.29 is 4.79 Å². The second-order valence-electron chi connectivity index (χ2n) is 3.61. The average molecular weight is 191 g/mol. The van der Waals surface area contributed by atoms with E-state index in [2.05, 4.69) is 10.3 Å². The molecule has 74 valence electrons. The van der Waals surface area contributed by atoms with Gasteiger partial charge >= 0.3 is 6.03 Å². The Bertz CT molecular complexity index is 362. The Labute approximate surface area is 82.9 Å². The molecule has 1 aliphatic heterocycles. The summed E-state index contributed by atoms with van der Waals surface area (Å²) in [5.41, 5.74) is 1.07. The summed E-state index contributed by atoms with van der Waals surface area (Å²) in [7, 11) is 0. The molecule has 0 spiro atoms. The normalized spacial score (nSPS) is 15.4. The van der Waals surface area contributed by atoms with Crippen LogP contribution in [-0.4, -0.2) is 17.1 Å². The molecule has 4 heteroatoms. The molecule has 1 aromatic heterocycles. The molecule has 1 N–H and O–H groups in total. The summed E-state index contributed by atoms with van der Waals surface area (Å²) in [5.74, 6) is 0.784. The first-order chi connectivity index (χ1) is 6.70. The quantitative estimate of drug-likeness (QED) is 0.731. The van der Waals surface area contributed by atoms with Crippen molar-refractivity contribution in [1.82, 2.24) is 10.3 Å². The third-order valence-corrected chi connectivity index (χ3v) is 2.26. The lowest BCUT2D eigenvalue weighted by Crippen LogP contribution is -2.48. The lowest BCUT2D eigenvalue weighted by molar-refractivity contribution is 0.242. The Morgan fingerprint density at radius 1 is 1.57 bits per heavy atom. The van der Waals surface area contributed by atoms with Gasteiger partial charge in [0.05, 0.1) is 0 Å². The number of aromatic nitrogens is 1. The minimum absolute atomic E-state index is 0.0637. The highest BCUT2D eigenvalue weighted by atomic mass is 16.2. The first-order valence-electron chi connectivity index (χ1n) is 4.71. The van der Waals surface area contributed by atoms with Gasteiger partial charge in [-0.1, -0.05) is 6.07 Å². The van der Waals surface area contributed by atoms with Crippen molar-refractivity contribution in [1.29, 1.82) is 0 Å². The van der Waals surface area contributed by atoms with Gasteiger partial charge in [-0.15, -0.1) is 0 Å². The predicted molar refractivity (Wildman–Crippen MR) is 54.1 cm³/mol. The number of nitrogens with one attached hydrogen (secondary N) is 1. The summed E-state index contributed by atoms with van der Waals surface area (Å²) in [6, 6.07) is 3.93. The lowest BCUT2D eigenvalue weighted by atomic mass is 10.2. The van der Waals surface area contributed by atoms with Gasteiger partial charge in [0.15, 0.2) is 0 Å². The van der Waals surface area contributed by atoms with E-state index in [0.717, 1.165) is 11.4 Å². The smallest absolute Gasteiger partial charge is 0.323 e. The van der Waals surface area contributed by atoms with Crippen molar-refractivity contribution in [2.75, 3.05) is 4.90 Å². The fraction of sp³-hybridized carbons (Fsp3) is 0.400. The van der Waals surface area contributed by atoms with Crippen LogP contribution in [-0.2, 0) is 6.54 Å². The van der Waals surface area contributed by atoms with Crippen molar-refractivity contribution in [3.05, 3.63) is 23.9 Å². The van der Waals surface area contributed by atoms with E-state index in [1.165, 1.54) is 0 Å². The Morgan fingerprint density at radius 2 is 2.36 bits per heavy atom. The third-order valence-electron chi connectivity index (χ3n) is 2.26. The highest BCUT2D eigenvalue weighted by Crippen LogP contribution is 2.22. The van der Waals surface area contributed by atoms with Gasteiger partial charge in [0.2, 0.25) is 0 Å². The Kier molecular flexibility index (Phi) is 2.11. The van der Waals surface area contributed by atoms with E-state index in [-0.39, 0.29) is 12.1 Å². The molecule has 0 saturated heterocycles. The fourth-order valence-corrected chi connectivity index (χ4v) is 1.62. The monoisotopic (exact) mass is 191 g/mol. The van der Waals surface area contributed by atoms with Crippen molar-refractivity contribution in [3.8, 4) is 0 Å². The number of carbonyl (C=O) groups excluding carboxylic acids is 1. The standard InChI is InChI=1S/C10H13N3O/c1-7(2)13-9-8(4-3-5-11-9)6-12-10(13)14/h3-5,7H,6H2,1-2H3,(H,12,14). The zero-order chi connectivity index (χ0) is 10.1. The minimum atomic E-state index is -0.0637. The number of hydrogen-bond donors (Lipinski definition) is 1. The fourth-order valence-electron chi connectivity index (χ4n) is 1.62. The highest BCUT2D eigenvalue weighted by Gasteiger charge is 2.26. The molecule has 0 radical (unpaired) electrons. The SMILES string of the molecule is CC(C)N1C(=O)NCc2cccnc21. The van der Waals surface area contributed by atoms with Crippen LogP contribution in [0.5, 0.6) is 0 Å². The van der Waals surface area contributed by atoms with E-state index in [1.807, 2.05) is 26.0 Å².